The molecule has 0 aromatic carbocycles. The van der Waals surface area contributed by atoms with E-state index in [2.05, 4.69) is 166 Å². The van der Waals surface area contributed by atoms with E-state index in [9.17, 15) is 0 Å². The Bertz CT molecular complexity index is 712. The van der Waals surface area contributed by atoms with Crippen molar-refractivity contribution in [2.24, 2.45) is 47.3 Å². The molecule has 0 spiro atoms. The molecule has 0 aliphatic carbocycles. The van der Waals surface area contributed by atoms with Crippen LogP contribution in [0.15, 0.2) is 0 Å². The SMILES string of the molecule is CCCCC(C)CCCC.CCCCC(C)CCCC.CCCCC(C)CCCC.CCCCC(C)CCCC.CCCCC(CC)CCC.CCCCC(CC)CCC.CCCCC(CC)CCC.CCCCC(CC)CCC. The molecule has 0 nitrogen and oxygen atoms in total. The van der Waals surface area contributed by atoms with Gasteiger partial charge in [-0.3, -0.25) is 0 Å². The molecule has 0 radical (unpaired) electrons. The van der Waals surface area contributed by atoms with Crippen LogP contribution in [0.1, 0.15) is 474 Å². The van der Waals surface area contributed by atoms with Crippen LogP contribution in [0.4, 0.5) is 0 Å². The maximum absolute atomic E-state index is 2.38. The first-order valence-corrected chi connectivity index (χ1v) is 38.6. The van der Waals surface area contributed by atoms with Crippen molar-refractivity contribution in [2.45, 2.75) is 474 Å². The van der Waals surface area contributed by atoms with Gasteiger partial charge < -0.3 is 0 Å². The summed E-state index contributed by atoms with van der Waals surface area (Å²) in [5.41, 5.74) is 0. The van der Waals surface area contributed by atoms with Crippen molar-refractivity contribution >= 4 is 0 Å². The fourth-order valence-electron chi connectivity index (χ4n) is 10.8. The van der Waals surface area contributed by atoms with Crippen LogP contribution in [-0.4, -0.2) is 0 Å². The van der Waals surface area contributed by atoms with E-state index in [0.29, 0.717) is 0 Å². The van der Waals surface area contributed by atoms with Gasteiger partial charge in [0.15, 0.2) is 0 Å². The van der Waals surface area contributed by atoms with Crippen LogP contribution < -0.4 is 0 Å². The number of hydrogen-bond donors (Lipinski definition) is 0. The number of unbranched alkanes of at least 4 members (excludes halogenated alkanes) is 12. The standard InChI is InChI=1S/8C10H22/c4*1-4-6-8-10(3)9-7-5-2;4*1-4-7-9-10(6-3)8-5-2/h8*10H,4-9H2,1-3H3. The zero-order chi connectivity index (χ0) is 62.6. The highest BCUT2D eigenvalue weighted by molar-refractivity contribution is 4.60. The van der Waals surface area contributed by atoms with Gasteiger partial charge in [-0.25, -0.2) is 0 Å². The minimum atomic E-state index is 0.972. The van der Waals surface area contributed by atoms with Crippen LogP contribution in [0.25, 0.3) is 0 Å². The van der Waals surface area contributed by atoms with Crippen molar-refractivity contribution < 1.29 is 0 Å². The predicted molar refractivity (Wildman–Crippen MR) is 386 cm³/mol. The van der Waals surface area contributed by atoms with Crippen LogP contribution >= 0.6 is 0 Å². The molecule has 0 fully saturated rings. The Morgan fingerprint density at radius 1 is 0.138 bits per heavy atom. The summed E-state index contributed by atoms with van der Waals surface area (Å²) in [6.07, 6.45) is 67.5. The summed E-state index contributed by atoms with van der Waals surface area (Å²) < 4.78 is 0. The second-order valence-corrected chi connectivity index (χ2v) is 26.4. The first kappa shape index (κ1) is 96.3. The van der Waals surface area contributed by atoms with Gasteiger partial charge in [0.25, 0.3) is 0 Å². The Hall–Kier alpha value is 0. The van der Waals surface area contributed by atoms with Gasteiger partial charge in [0.1, 0.15) is 0 Å². The zero-order valence-corrected chi connectivity index (χ0v) is 62.6. The molecule has 0 aliphatic heterocycles. The Kier molecular flexibility index (Phi) is 112. The summed E-state index contributed by atoms with van der Waals surface area (Å²) in [6.45, 7) is 55.2. The molecule has 0 aromatic heterocycles. The lowest BCUT2D eigenvalue weighted by molar-refractivity contribution is 0.417. The fraction of sp³-hybridized carbons (Fsp3) is 1.00. The summed E-state index contributed by atoms with van der Waals surface area (Å²) in [5.74, 6) is 7.96. The van der Waals surface area contributed by atoms with E-state index in [4.69, 9.17) is 0 Å². The highest BCUT2D eigenvalue weighted by atomic mass is 14.1. The maximum atomic E-state index is 2.38. The van der Waals surface area contributed by atoms with Crippen molar-refractivity contribution in [1.82, 2.24) is 0 Å². The lowest BCUT2D eigenvalue weighted by Crippen LogP contribution is -1.97. The summed E-state index contributed by atoms with van der Waals surface area (Å²) in [4.78, 5) is 0. The summed E-state index contributed by atoms with van der Waals surface area (Å²) in [6, 6.07) is 0. The smallest absolute Gasteiger partial charge is 0.0417 e. The lowest BCUT2D eigenvalue weighted by Gasteiger charge is -2.11. The van der Waals surface area contributed by atoms with Crippen LogP contribution in [0.5, 0.6) is 0 Å². The van der Waals surface area contributed by atoms with Gasteiger partial charge in [0, 0.05) is 0 Å². The molecule has 0 saturated heterocycles. The molecule has 496 valence electrons. The van der Waals surface area contributed by atoms with E-state index in [1.165, 1.54) is 308 Å². The van der Waals surface area contributed by atoms with Crippen molar-refractivity contribution in [3.8, 4) is 0 Å². The highest BCUT2D eigenvalue weighted by Gasteiger charge is 2.06. The van der Waals surface area contributed by atoms with Gasteiger partial charge in [-0.15, -0.1) is 0 Å². The molecule has 80 heavy (non-hydrogen) atoms. The summed E-state index contributed by atoms with van der Waals surface area (Å²) in [5, 5.41) is 0. The Morgan fingerprint density at radius 3 is 0.338 bits per heavy atom. The molecular weight excluding hydrogens is 961 g/mol. The van der Waals surface area contributed by atoms with Gasteiger partial charge in [-0.05, 0) is 47.3 Å². The van der Waals surface area contributed by atoms with Gasteiger partial charge in [0.05, 0.1) is 0 Å². The second kappa shape index (κ2) is 92.7. The van der Waals surface area contributed by atoms with E-state index in [1.807, 2.05) is 0 Å². The molecular formula is C80H176. The Balaban J connectivity index is -0.000000123. The largest absolute Gasteiger partial charge is 0.0654 e. The first-order valence-electron chi connectivity index (χ1n) is 38.6. The molecule has 0 N–H and O–H groups in total. The third-order valence-electron chi connectivity index (χ3n) is 17.4. The first-order chi connectivity index (χ1) is 38.6. The molecule has 4 atom stereocenters. The van der Waals surface area contributed by atoms with Crippen LogP contribution in [0.3, 0.4) is 0 Å². The minimum absolute atomic E-state index is 0.972. The molecule has 0 heteroatoms. The Morgan fingerprint density at radius 2 is 0.250 bits per heavy atom. The molecule has 0 aliphatic rings. The molecule has 0 rings (SSSR count). The van der Waals surface area contributed by atoms with E-state index in [1.54, 1.807) is 0 Å². The predicted octanol–water partition coefficient (Wildman–Crippen LogP) is 32.0. The molecule has 0 saturated carbocycles. The van der Waals surface area contributed by atoms with Crippen LogP contribution in [0, 0.1) is 47.3 Å². The van der Waals surface area contributed by atoms with Crippen molar-refractivity contribution in [2.75, 3.05) is 0 Å². The highest BCUT2D eigenvalue weighted by Crippen LogP contribution is 2.22. The van der Waals surface area contributed by atoms with Crippen LogP contribution in [-0.2, 0) is 0 Å². The maximum Gasteiger partial charge on any atom is -0.0417 e. The molecule has 0 bridgehead atoms. The topological polar surface area (TPSA) is 0 Å². The number of hydrogen-bond acceptors (Lipinski definition) is 0. The normalized spacial score (nSPS) is 12.2. The monoisotopic (exact) mass is 1140 g/mol. The Labute approximate surface area is 519 Å². The average molecular weight is 1140 g/mol. The van der Waals surface area contributed by atoms with Crippen LogP contribution in [0.2, 0.25) is 0 Å². The molecule has 0 aromatic rings. The van der Waals surface area contributed by atoms with E-state index < -0.39 is 0 Å². The van der Waals surface area contributed by atoms with Crippen molar-refractivity contribution in [3.63, 3.8) is 0 Å². The average Bonchev–Trinajstić information content (AvgIpc) is 3.48. The van der Waals surface area contributed by atoms with Gasteiger partial charge >= 0.3 is 0 Å². The lowest BCUT2D eigenvalue weighted by atomic mass is 9.95. The van der Waals surface area contributed by atoms with Gasteiger partial charge in [-0.1, -0.05) is 474 Å². The molecule has 4 unspecified atom stereocenters. The van der Waals surface area contributed by atoms with Crippen molar-refractivity contribution in [1.29, 1.82) is 0 Å². The van der Waals surface area contributed by atoms with Gasteiger partial charge in [-0.2, -0.15) is 0 Å². The summed E-state index contributed by atoms with van der Waals surface area (Å²) in [7, 11) is 0. The molecule has 0 amide bonds. The van der Waals surface area contributed by atoms with E-state index >= 15 is 0 Å². The third-order valence-corrected chi connectivity index (χ3v) is 17.4. The fourth-order valence-corrected chi connectivity index (χ4v) is 10.8. The third kappa shape index (κ3) is 100. The zero-order valence-electron chi connectivity index (χ0n) is 62.6. The number of rotatable bonds is 48. The van der Waals surface area contributed by atoms with E-state index in [-0.39, 0.29) is 0 Å². The minimum Gasteiger partial charge on any atom is -0.0654 e. The summed E-state index contributed by atoms with van der Waals surface area (Å²) >= 11 is 0. The van der Waals surface area contributed by atoms with E-state index in [0.717, 1.165) is 47.3 Å². The van der Waals surface area contributed by atoms with Gasteiger partial charge in [0.2, 0.25) is 0 Å². The van der Waals surface area contributed by atoms with Crippen molar-refractivity contribution in [3.05, 3.63) is 0 Å². The molecule has 0 heterocycles. The quantitative estimate of drug-likeness (QED) is 0.0570. The second-order valence-electron chi connectivity index (χ2n) is 26.4.